The third kappa shape index (κ3) is 2.98. The first-order valence-corrected chi connectivity index (χ1v) is 7.25. The molecule has 3 saturated carbocycles. The van der Waals surface area contributed by atoms with Gasteiger partial charge in [0.25, 0.3) is 0 Å². The predicted octanol–water partition coefficient (Wildman–Crippen LogP) is 2.38. The molecule has 0 spiro atoms. The van der Waals surface area contributed by atoms with Crippen LogP contribution in [0.4, 0.5) is 0 Å². The average molecular weight is 222 g/mol. The van der Waals surface area contributed by atoms with Gasteiger partial charge < -0.3 is 10.6 Å². The van der Waals surface area contributed by atoms with Gasteiger partial charge in [-0.15, -0.1) is 0 Å². The zero-order valence-corrected chi connectivity index (χ0v) is 10.5. The Morgan fingerprint density at radius 3 is 1.94 bits per heavy atom. The van der Waals surface area contributed by atoms with Gasteiger partial charge in [-0.2, -0.15) is 0 Å². The fourth-order valence-corrected chi connectivity index (χ4v) is 2.85. The normalized spacial score (nSPS) is 28.1. The Kier molecular flexibility index (Phi) is 2.97. The van der Waals surface area contributed by atoms with E-state index in [1.54, 1.807) is 0 Å². The van der Waals surface area contributed by atoms with Gasteiger partial charge in [0.15, 0.2) is 0 Å². The Morgan fingerprint density at radius 2 is 1.56 bits per heavy atom. The van der Waals surface area contributed by atoms with E-state index in [9.17, 15) is 0 Å². The zero-order valence-electron chi connectivity index (χ0n) is 10.5. The second-order valence-electron chi connectivity index (χ2n) is 6.61. The number of nitrogens with zero attached hydrogens (tertiary/aromatic N) is 1. The SMILES string of the molecule is NC1(CCN(CC2CC2)CC2CC2)CCC1. The zero-order chi connectivity index (χ0) is 11.0. The Hall–Kier alpha value is -0.0800. The molecule has 0 aromatic carbocycles. The first kappa shape index (κ1) is 11.0. The fourth-order valence-electron chi connectivity index (χ4n) is 2.85. The number of hydrogen-bond donors (Lipinski definition) is 1. The van der Waals surface area contributed by atoms with Crippen LogP contribution in [0.5, 0.6) is 0 Å². The predicted molar refractivity (Wildman–Crippen MR) is 67.3 cm³/mol. The smallest absolute Gasteiger partial charge is 0.0166 e. The molecule has 92 valence electrons. The van der Waals surface area contributed by atoms with E-state index in [0.717, 1.165) is 11.8 Å². The van der Waals surface area contributed by atoms with Crippen LogP contribution in [-0.2, 0) is 0 Å². The van der Waals surface area contributed by atoms with Crippen molar-refractivity contribution in [2.24, 2.45) is 17.6 Å². The largest absolute Gasteiger partial charge is 0.325 e. The molecule has 2 nitrogen and oxygen atoms in total. The lowest BCUT2D eigenvalue weighted by Crippen LogP contribution is -2.49. The summed E-state index contributed by atoms with van der Waals surface area (Å²) in [5.74, 6) is 2.07. The van der Waals surface area contributed by atoms with Crippen LogP contribution in [0.25, 0.3) is 0 Å². The van der Waals surface area contributed by atoms with E-state index >= 15 is 0 Å². The van der Waals surface area contributed by atoms with E-state index in [-0.39, 0.29) is 5.54 Å². The molecule has 3 fully saturated rings. The molecule has 3 rings (SSSR count). The molecule has 0 saturated heterocycles. The van der Waals surface area contributed by atoms with Crippen LogP contribution >= 0.6 is 0 Å². The van der Waals surface area contributed by atoms with Gasteiger partial charge >= 0.3 is 0 Å². The lowest BCUT2D eigenvalue weighted by atomic mass is 9.75. The molecule has 0 aromatic heterocycles. The van der Waals surface area contributed by atoms with Crippen LogP contribution in [0.3, 0.4) is 0 Å². The summed E-state index contributed by atoms with van der Waals surface area (Å²) in [5, 5.41) is 0. The van der Waals surface area contributed by atoms with E-state index < -0.39 is 0 Å². The Bertz CT molecular complexity index is 225. The van der Waals surface area contributed by atoms with E-state index in [0.29, 0.717) is 0 Å². The van der Waals surface area contributed by atoms with Crippen molar-refractivity contribution in [2.75, 3.05) is 19.6 Å². The lowest BCUT2D eigenvalue weighted by Gasteiger charge is -2.39. The van der Waals surface area contributed by atoms with Gasteiger partial charge in [0.2, 0.25) is 0 Å². The van der Waals surface area contributed by atoms with Crippen LogP contribution in [-0.4, -0.2) is 30.1 Å². The summed E-state index contributed by atoms with van der Waals surface area (Å²) in [6.45, 7) is 4.00. The molecule has 0 atom stereocenters. The highest BCUT2D eigenvalue weighted by molar-refractivity contribution is 4.93. The first-order chi connectivity index (χ1) is 7.73. The van der Waals surface area contributed by atoms with E-state index in [2.05, 4.69) is 4.90 Å². The molecule has 0 heterocycles. The molecule has 2 heteroatoms. The summed E-state index contributed by atoms with van der Waals surface area (Å²) in [4.78, 5) is 2.72. The number of hydrogen-bond acceptors (Lipinski definition) is 2. The molecular weight excluding hydrogens is 196 g/mol. The second-order valence-corrected chi connectivity index (χ2v) is 6.61. The molecule has 0 radical (unpaired) electrons. The Balaban J connectivity index is 1.42. The Morgan fingerprint density at radius 1 is 1.00 bits per heavy atom. The van der Waals surface area contributed by atoms with Crippen LogP contribution < -0.4 is 5.73 Å². The maximum Gasteiger partial charge on any atom is 0.0166 e. The van der Waals surface area contributed by atoms with Gasteiger partial charge in [-0.05, 0) is 69.7 Å². The van der Waals surface area contributed by atoms with Crippen LogP contribution in [0.1, 0.15) is 51.4 Å². The molecule has 3 aliphatic rings. The van der Waals surface area contributed by atoms with Crippen molar-refractivity contribution < 1.29 is 0 Å². The van der Waals surface area contributed by atoms with Gasteiger partial charge in [0.05, 0.1) is 0 Å². The van der Waals surface area contributed by atoms with Crippen molar-refractivity contribution in [1.82, 2.24) is 4.90 Å². The van der Waals surface area contributed by atoms with Crippen molar-refractivity contribution in [3.05, 3.63) is 0 Å². The van der Waals surface area contributed by atoms with Gasteiger partial charge in [-0.3, -0.25) is 0 Å². The third-order valence-electron chi connectivity index (χ3n) is 4.70. The summed E-state index contributed by atoms with van der Waals surface area (Å²) >= 11 is 0. The topological polar surface area (TPSA) is 29.3 Å². The van der Waals surface area contributed by atoms with Gasteiger partial charge in [-0.1, -0.05) is 0 Å². The first-order valence-electron chi connectivity index (χ1n) is 7.25. The third-order valence-corrected chi connectivity index (χ3v) is 4.70. The summed E-state index contributed by atoms with van der Waals surface area (Å²) in [7, 11) is 0. The molecule has 16 heavy (non-hydrogen) atoms. The second kappa shape index (κ2) is 4.30. The number of nitrogens with two attached hydrogens (primary N) is 1. The highest BCUT2D eigenvalue weighted by atomic mass is 15.1. The minimum absolute atomic E-state index is 0.228. The molecular formula is C14H26N2. The summed E-state index contributed by atoms with van der Waals surface area (Å²) < 4.78 is 0. The van der Waals surface area contributed by atoms with Gasteiger partial charge in [0.1, 0.15) is 0 Å². The highest BCUT2D eigenvalue weighted by Crippen LogP contribution is 2.36. The minimum Gasteiger partial charge on any atom is -0.325 e. The van der Waals surface area contributed by atoms with Crippen molar-refractivity contribution in [1.29, 1.82) is 0 Å². The highest BCUT2D eigenvalue weighted by Gasteiger charge is 2.34. The molecule has 0 amide bonds. The molecule has 0 bridgehead atoms. The van der Waals surface area contributed by atoms with Crippen LogP contribution in [0.15, 0.2) is 0 Å². The lowest BCUT2D eigenvalue weighted by molar-refractivity contribution is 0.173. The minimum atomic E-state index is 0.228. The van der Waals surface area contributed by atoms with E-state index in [1.165, 1.54) is 71.0 Å². The van der Waals surface area contributed by atoms with E-state index in [1.807, 2.05) is 0 Å². The fraction of sp³-hybridized carbons (Fsp3) is 1.00. The van der Waals surface area contributed by atoms with Gasteiger partial charge in [0, 0.05) is 18.6 Å². The molecule has 3 aliphatic carbocycles. The summed E-state index contributed by atoms with van der Waals surface area (Å²) in [5.41, 5.74) is 6.54. The van der Waals surface area contributed by atoms with Crippen molar-refractivity contribution in [3.8, 4) is 0 Å². The van der Waals surface area contributed by atoms with E-state index in [4.69, 9.17) is 5.73 Å². The van der Waals surface area contributed by atoms with Gasteiger partial charge in [-0.25, -0.2) is 0 Å². The van der Waals surface area contributed by atoms with Crippen molar-refractivity contribution in [3.63, 3.8) is 0 Å². The maximum atomic E-state index is 6.32. The van der Waals surface area contributed by atoms with Crippen LogP contribution in [0.2, 0.25) is 0 Å². The summed E-state index contributed by atoms with van der Waals surface area (Å²) in [6, 6.07) is 0. The quantitative estimate of drug-likeness (QED) is 0.716. The maximum absolute atomic E-state index is 6.32. The average Bonchev–Trinajstić information content (AvgIpc) is 3.05. The summed E-state index contributed by atoms with van der Waals surface area (Å²) in [6.07, 6.45) is 11.1. The Labute approximate surface area is 99.6 Å². The van der Waals surface area contributed by atoms with Crippen molar-refractivity contribution >= 4 is 0 Å². The van der Waals surface area contributed by atoms with Crippen LogP contribution in [0, 0.1) is 11.8 Å². The molecule has 0 aromatic rings. The number of rotatable bonds is 7. The van der Waals surface area contributed by atoms with Crippen molar-refractivity contribution in [2.45, 2.75) is 56.9 Å². The standard InChI is InChI=1S/C14H26N2/c15-14(6-1-7-14)8-9-16(10-12-2-3-12)11-13-4-5-13/h12-13H,1-11,15H2. The monoisotopic (exact) mass is 222 g/mol. The molecule has 0 unspecified atom stereocenters. The molecule has 2 N–H and O–H groups in total. The molecule has 0 aliphatic heterocycles.